The molecule has 1 fully saturated rings. The molecule has 0 saturated carbocycles. The quantitative estimate of drug-likeness (QED) is 0.772. The third-order valence-electron chi connectivity index (χ3n) is 4.73. The van der Waals surface area contributed by atoms with Gasteiger partial charge in [0.1, 0.15) is 0 Å². The molecule has 4 nitrogen and oxygen atoms in total. The molecule has 3 atom stereocenters. The molecular formula is C19H32N2O2. The van der Waals surface area contributed by atoms with Crippen LogP contribution in [0.15, 0.2) is 30.3 Å². The summed E-state index contributed by atoms with van der Waals surface area (Å²) in [5.41, 5.74) is 1.35. The summed E-state index contributed by atoms with van der Waals surface area (Å²) in [5.74, 6) is 0.316. The van der Waals surface area contributed by atoms with Crippen LogP contribution < -0.4 is 5.32 Å². The highest BCUT2D eigenvalue weighted by Crippen LogP contribution is 2.25. The number of benzene rings is 1. The number of nitrogens with zero attached hydrogens (tertiary/aromatic N) is 1. The number of hydrogen-bond acceptors (Lipinski definition) is 4. The number of ether oxygens (including phenoxy) is 1. The maximum atomic E-state index is 9.98. The van der Waals surface area contributed by atoms with Crippen LogP contribution >= 0.6 is 0 Å². The summed E-state index contributed by atoms with van der Waals surface area (Å²) in [6.07, 6.45) is 0.570. The van der Waals surface area contributed by atoms with Crippen molar-refractivity contribution >= 4 is 0 Å². The van der Waals surface area contributed by atoms with Crippen LogP contribution in [0.4, 0.5) is 0 Å². The summed E-state index contributed by atoms with van der Waals surface area (Å²) in [6.45, 7) is 10.8. The molecule has 130 valence electrons. The van der Waals surface area contributed by atoms with Gasteiger partial charge in [-0.1, -0.05) is 44.2 Å². The second kappa shape index (κ2) is 9.38. The molecule has 2 N–H and O–H groups in total. The monoisotopic (exact) mass is 320 g/mol. The average Bonchev–Trinajstić information content (AvgIpc) is 2.57. The molecule has 1 saturated heterocycles. The van der Waals surface area contributed by atoms with E-state index in [1.807, 2.05) is 0 Å². The molecule has 1 aliphatic rings. The number of morpholine rings is 1. The van der Waals surface area contributed by atoms with Crippen LogP contribution in [0.3, 0.4) is 0 Å². The molecule has 23 heavy (non-hydrogen) atoms. The summed E-state index contributed by atoms with van der Waals surface area (Å²) >= 11 is 0. The topological polar surface area (TPSA) is 44.7 Å². The first-order chi connectivity index (χ1) is 11.1. The van der Waals surface area contributed by atoms with Crippen molar-refractivity contribution in [1.82, 2.24) is 10.2 Å². The van der Waals surface area contributed by atoms with Crippen molar-refractivity contribution < 1.29 is 9.84 Å². The summed E-state index contributed by atoms with van der Waals surface area (Å²) in [4.78, 5) is 2.51. The second-order valence-electron chi connectivity index (χ2n) is 6.85. The summed E-state index contributed by atoms with van der Waals surface area (Å²) in [7, 11) is 0. The van der Waals surface area contributed by atoms with Crippen LogP contribution in [0.2, 0.25) is 0 Å². The van der Waals surface area contributed by atoms with E-state index in [9.17, 15) is 5.11 Å². The smallest absolute Gasteiger partial charge is 0.0594 e. The SMILES string of the molecule is CC(C)C(O)CCNC(C)C(c1ccccc1)N1CCOCC1. The van der Waals surface area contributed by atoms with E-state index in [4.69, 9.17) is 4.74 Å². The summed E-state index contributed by atoms with van der Waals surface area (Å²) in [6, 6.07) is 11.4. The van der Waals surface area contributed by atoms with Crippen molar-refractivity contribution in [1.29, 1.82) is 0 Å². The van der Waals surface area contributed by atoms with Gasteiger partial charge < -0.3 is 15.2 Å². The van der Waals surface area contributed by atoms with Gasteiger partial charge in [-0.05, 0) is 31.4 Å². The van der Waals surface area contributed by atoms with Crippen LogP contribution in [0.5, 0.6) is 0 Å². The predicted octanol–water partition coefficient (Wildman–Crippen LogP) is 2.45. The zero-order valence-electron chi connectivity index (χ0n) is 14.7. The molecule has 1 aromatic carbocycles. The highest BCUT2D eigenvalue weighted by atomic mass is 16.5. The van der Waals surface area contributed by atoms with Crippen LogP contribution in [-0.4, -0.2) is 55.0 Å². The molecule has 0 spiro atoms. The fraction of sp³-hybridized carbons (Fsp3) is 0.684. The van der Waals surface area contributed by atoms with Gasteiger partial charge in [0.05, 0.1) is 25.4 Å². The molecule has 1 aromatic rings. The minimum atomic E-state index is -0.228. The minimum Gasteiger partial charge on any atom is -0.393 e. The third-order valence-corrected chi connectivity index (χ3v) is 4.73. The van der Waals surface area contributed by atoms with Gasteiger partial charge in [0.25, 0.3) is 0 Å². The Kier molecular flexibility index (Phi) is 7.50. The van der Waals surface area contributed by atoms with Crippen LogP contribution in [0, 0.1) is 5.92 Å². The Morgan fingerprint density at radius 3 is 2.39 bits per heavy atom. The van der Waals surface area contributed by atoms with Gasteiger partial charge in [-0.15, -0.1) is 0 Å². The maximum Gasteiger partial charge on any atom is 0.0594 e. The first-order valence-electron chi connectivity index (χ1n) is 8.87. The van der Waals surface area contributed by atoms with Gasteiger partial charge in [0, 0.05) is 19.1 Å². The van der Waals surface area contributed by atoms with Crippen LogP contribution in [0.25, 0.3) is 0 Å². The molecule has 0 aliphatic carbocycles. The second-order valence-corrected chi connectivity index (χ2v) is 6.85. The lowest BCUT2D eigenvalue weighted by Gasteiger charge is -2.38. The molecule has 0 bridgehead atoms. The lowest BCUT2D eigenvalue weighted by molar-refractivity contribution is 0.00828. The van der Waals surface area contributed by atoms with Gasteiger partial charge in [-0.3, -0.25) is 4.90 Å². The number of aliphatic hydroxyl groups excluding tert-OH is 1. The van der Waals surface area contributed by atoms with Crippen molar-refractivity contribution in [3.63, 3.8) is 0 Å². The van der Waals surface area contributed by atoms with E-state index in [1.54, 1.807) is 0 Å². The van der Waals surface area contributed by atoms with Gasteiger partial charge in [-0.25, -0.2) is 0 Å². The standard InChI is InChI=1S/C19H32N2O2/c1-15(2)18(22)9-10-20-16(3)19(17-7-5-4-6-8-17)21-11-13-23-14-12-21/h4-8,15-16,18-20,22H,9-14H2,1-3H3. The Hall–Kier alpha value is -0.940. The van der Waals surface area contributed by atoms with Gasteiger partial charge >= 0.3 is 0 Å². The normalized spacial score (nSPS) is 20.4. The van der Waals surface area contributed by atoms with Crippen molar-refractivity contribution in [2.24, 2.45) is 5.92 Å². The molecule has 1 aliphatic heterocycles. The fourth-order valence-electron chi connectivity index (χ4n) is 3.23. The van der Waals surface area contributed by atoms with E-state index in [1.165, 1.54) is 5.56 Å². The van der Waals surface area contributed by atoms with E-state index in [0.717, 1.165) is 39.3 Å². The van der Waals surface area contributed by atoms with E-state index in [-0.39, 0.29) is 6.10 Å². The summed E-state index contributed by atoms with van der Waals surface area (Å²) < 4.78 is 5.51. The van der Waals surface area contributed by atoms with Crippen molar-refractivity contribution in [2.45, 2.75) is 45.4 Å². The molecule has 1 heterocycles. The van der Waals surface area contributed by atoms with Crippen LogP contribution in [-0.2, 0) is 4.74 Å². The Balaban J connectivity index is 1.98. The molecule has 2 rings (SSSR count). The highest BCUT2D eigenvalue weighted by Gasteiger charge is 2.27. The van der Waals surface area contributed by atoms with Gasteiger partial charge in [0.2, 0.25) is 0 Å². The lowest BCUT2D eigenvalue weighted by Crippen LogP contribution is -2.47. The predicted molar refractivity (Wildman–Crippen MR) is 94.5 cm³/mol. The number of nitrogens with one attached hydrogen (secondary N) is 1. The molecule has 0 aromatic heterocycles. The van der Waals surface area contributed by atoms with Gasteiger partial charge in [-0.2, -0.15) is 0 Å². The number of rotatable bonds is 8. The maximum absolute atomic E-state index is 9.98. The van der Waals surface area contributed by atoms with Crippen molar-refractivity contribution in [2.75, 3.05) is 32.8 Å². The Morgan fingerprint density at radius 2 is 1.78 bits per heavy atom. The molecule has 0 amide bonds. The number of aliphatic hydroxyl groups is 1. The average molecular weight is 320 g/mol. The Bertz CT molecular complexity index is 432. The highest BCUT2D eigenvalue weighted by molar-refractivity contribution is 5.21. The summed E-state index contributed by atoms with van der Waals surface area (Å²) in [5, 5.41) is 13.6. The van der Waals surface area contributed by atoms with E-state index >= 15 is 0 Å². The largest absolute Gasteiger partial charge is 0.393 e. The first kappa shape index (κ1) is 18.4. The molecular weight excluding hydrogens is 288 g/mol. The third kappa shape index (κ3) is 5.57. The van der Waals surface area contributed by atoms with E-state index in [2.05, 4.69) is 61.3 Å². The van der Waals surface area contributed by atoms with E-state index < -0.39 is 0 Å². The molecule has 4 heteroatoms. The van der Waals surface area contributed by atoms with E-state index in [0.29, 0.717) is 18.0 Å². The zero-order chi connectivity index (χ0) is 16.7. The first-order valence-corrected chi connectivity index (χ1v) is 8.87. The Labute approximate surface area is 140 Å². The van der Waals surface area contributed by atoms with Gasteiger partial charge in [0.15, 0.2) is 0 Å². The van der Waals surface area contributed by atoms with Crippen molar-refractivity contribution in [3.05, 3.63) is 35.9 Å². The lowest BCUT2D eigenvalue weighted by atomic mass is 9.97. The molecule has 0 radical (unpaired) electrons. The Morgan fingerprint density at radius 1 is 1.13 bits per heavy atom. The molecule has 3 unspecified atom stereocenters. The fourth-order valence-corrected chi connectivity index (χ4v) is 3.23. The zero-order valence-corrected chi connectivity index (χ0v) is 14.7. The van der Waals surface area contributed by atoms with Crippen molar-refractivity contribution in [3.8, 4) is 0 Å². The number of hydrogen-bond donors (Lipinski definition) is 2. The van der Waals surface area contributed by atoms with Crippen LogP contribution in [0.1, 0.15) is 38.8 Å². The minimum absolute atomic E-state index is 0.228.